The molecular weight excluding hydrogens is 242 g/mol. The lowest BCUT2D eigenvalue weighted by Gasteiger charge is -2.18. The quantitative estimate of drug-likeness (QED) is 0.567. The molecule has 2 N–H and O–H groups in total. The van der Waals surface area contributed by atoms with Crippen molar-refractivity contribution in [1.82, 2.24) is 4.90 Å². The molecule has 0 saturated carbocycles. The zero-order valence-corrected chi connectivity index (χ0v) is 8.86. The van der Waals surface area contributed by atoms with Gasteiger partial charge in [-0.3, -0.25) is 9.59 Å². The second kappa shape index (κ2) is 3.95. The van der Waals surface area contributed by atoms with Crippen LogP contribution >= 0.6 is 0 Å². The van der Waals surface area contributed by atoms with Crippen molar-refractivity contribution in [3.8, 4) is 0 Å². The van der Waals surface area contributed by atoms with Gasteiger partial charge in [-0.25, -0.2) is 14.5 Å². The van der Waals surface area contributed by atoms with Gasteiger partial charge in [0.05, 0.1) is 11.1 Å². The molecule has 1 aliphatic rings. The molecule has 0 aliphatic carbocycles. The summed E-state index contributed by atoms with van der Waals surface area (Å²) in [5.41, 5.74) is 0.0185. The van der Waals surface area contributed by atoms with Gasteiger partial charge in [0, 0.05) is 0 Å². The standard InChI is InChI=1S/C11H7NO6/c13-8-5-3-1-2-4-6(5)9(14)12(8)7(10(15)16)11(17)18/h1-4,7H,(H,15,16)(H,17,18). The Hall–Kier alpha value is -2.70. The van der Waals surface area contributed by atoms with Gasteiger partial charge in [-0.15, -0.1) is 0 Å². The number of fused-ring (bicyclic) bond motifs is 1. The van der Waals surface area contributed by atoms with E-state index in [0.29, 0.717) is 0 Å². The van der Waals surface area contributed by atoms with Crippen LogP contribution in [0.3, 0.4) is 0 Å². The second-order valence-corrected chi connectivity index (χ2v) is 3.60. The van der Waals surface area contributed by atoms with Gasteiger partial charge in [0.2, 0.25) is 6.04 Å². The number of hydrogen-bond acceptors (Lipinski definition) is 4. The third-order valence-corrected chi connectivity index (χ3v) is 2.55. The zero-order chi connectivity index (χ0) is 13.4. The summed E-state index contributed by atoms with van der Waals surface area (Å²) >= 11 is 0. The third-order valence-electron chi connectivity index (χ3n) is 2.55. The van der Waals surface area contributed by atoms with Crippen LogP contribution in [0.1, 0.15) is 20.7 Å². The maximum atomic E-state index is 11.8. The molecule has 18 heavy (non-hydrogen) atoms. The van der Waals surface area contributed by atoms with Crippen LogP contribution in [0.15, 0.2) is 24.3 Å². The van der Waals surface area contributed by atoms with Crippen LogP contribution in [0.25, 0.3) is 0 Å². The highest BCUT2D eigenvalue weighted by Gasteiger charge is 2.46. The topological polar surface area (TPSA) is 112 Å². The lowest BCUT2D eigenvalue weighted by molar-refractivity contribution is -0.154. The molecule has 1 heterocycles. The van der Waals surface area contributed by atoms with E-state index in [1.807, 2.05) is 0 Å². The minimum Gasteiger partial charge on any atom is -0.479 e. The number of carboxylic acid groups (broad SMARTS) is 2. The molecule has 0 unspecified atom stereocenters. The van der Waals surface area contributed by atoms with E-state index in [4.69, 9.17) is 10.2 Å². The van der Waals surface area contributed by atoms with Gasteiger partial charge in [-0.2, -0.15) is 0 Å². The minimum atomic E-state index is -2.21. The highest BCUT2D eigenvalue weighted by Crippen LogP contribution is 2.24. The minimum absolute atomic E-state index is 0.00926. The molecule has 0 radical (unpaired) electrons. The lowest BCUT2D eigenvalue weighted by Crippen LogP contribution is -2.49. The first kappa shape index (κ1) is 11.8. The fourth-order valence-corrected chi connectivity index (χ4v) is 1.77. The number of nitrogens with zero attached hydrogens (tertiary/aromatic N) is 1. The van der Waals surface area contributed by atoms with Crippen LogP contribution in [0.5, 0.6) is 0 Å². The van der Waals surface area contributed by atoms with Crippen LogP contribution in [-0.2, 0) is 9.59 Å². The number of carbonyl (C=O) groups is 4. The number of carboxylic acids is 2. The highest BCUT2D eigenvalue weighted by molar-refractivity contribution is 6.24. The summed E-state index contributed by atoms with van der Waals surface area (Å²) in [7, 11) is 0. The van der Waals surface area contributed by atoms with Gasteiger partial charge in [0.1, 0.15) is 0 Å². The summed E-state index contributed by atoms with van der Waals surface area (Å²) in [5, 5.41) is 17.6. The average molecular weight is 249 g/mol. The van der Waals surface area contributed by atoms with Crippen molar-refractivity contribution in [2.75, 3.05) is 0 Å². The van der Waals surface area contributed by atoms with Crippen LogP contribution in [0.2, 0.25) is 0 Å². The molecule has 0 fully saturated rings. The predicted octanol–water partition coefficient (Wildman–Crippen LogP) is -0.180. The first-order chi connectivity index (χ1) is 8.45. The number of imide groups is 1. The summed E-state index contributed by atoms with van der Waals surface area (Å²) in [6, 6.07) is 3.48. The van der Waals surface area contributed by atoms with Crippen molar-refractivity contribution in [3.05, 3.63) is 35.4 Å². The zero-order valence-electron chi connectivity index (χ0n) is 8.86. The number of aliphatic carboxylic acids is 2. The first-order valence-corrected chi connectivity index (χ1v) is 4.87. The number of carbonyl (C=O) groups excluding carboxylic acids is 2. The monoisotopic (exact) mass is 249 g/mol. The van der Waals surface area contributed by atoms with E-state index in [9.17, 15) is 19.2 Å². The summed E-state index contributed by atoms with van der Waals surface area (Å²) < 4.78 is 0. The van der Waals surface area contributed by atoms with E-state index in [1.54, 1.807) is 0 Å². The Kier molecular flexibility index (Phi) is 2.59. The van der Waals surface area contributed by atoms with Crippen molar-refractivity contribution < 1.29 is 29.4 Å². The number of amides is 2. The second-order valence-electron chi connectivity index (χ2n) is 3.60. The largest absolute Gasteiger partial charge is 0.479 e. The summed E-state index contributed by atoms with van der Waals surface area (Å²) in [6.45, 7) is 0. The molecule has 1 aromatic carbocycles. The Morgan fingerprint density at radius 2 is 1.33 bits per heavy atom. The van der Waals surface area contributed by atoms with Crippen LogP contribution in [-0.4, -0.2) is 44.9 Å². The Balaban J connectivity index is 2.51. The van der Waals surface area contributed by atoms with E-state index in [0.717, 1.165) is 0 Å². The maximum absolute atomic E-state index is 11.8. The maximum Gasteiger partial charge on any atom is 0.338 e. The lowest BCUT2D eigenvalue weighted by atomic mass is 10.1. The molecule has 0 spiro atoms. The molecule has 7 heteroatoms. The normalized spacial score (nSPS) is 13.9. The molecule has 92 valence electrons. The van der Waals surface area contributed by atoms with Gasteiger partial charge in [0.25, 0.3) is 11.8 Å². The molecule has 1 aromatic rings. The molecule has 0 saturated heterocycles. The summed E-state index contributed by atoms with van der Waals surface area (Å²) in [6.07, 6.45) is 0. The van der Waals surface area contributed by atoms with E-state index in [-0.39, 0.29) is 16.0 Å². The van der Waals surface area contributed by atoms with Crippen molar-refractivity contribution >= 4 is 23.8 Å². The van der Waals surface area contributed by atoms with Gasteiger partial charge in [-0.1, -0.05) is 12.1 Å². The number of benzene rings is 1. The molecule has 2 rings (SSSR count). The van der Waals surface area contributed by atoms with Gasteiger partial charge in [-0.05, 0) is 12.1 Å². The summed E-state index contributed by atoms with van der Waals surface area (Å²) in [4.78, 5) is 45.6. The number of rotatable bonds is 3. The van der Waals surface area contributed by atoms with Gasteiger partial charge >= 0.3 is 11.9 Å². The molecule has 2 amide bonds. The van der Waals surface area contributed by atoms with Gasteiger partial charge < -0.3 is 10.2 Å². The molecule has 7 nitrogen and oxygen atoms in total. The molecule has 1 aliphatic heterocycles. The van der Waals surface area contributed by atoms with E-state index >= 15 is 0 Å². The molecule has 0 aromatic heterocycles. The van der Waals surface area contributed by atoms with Gasteiger partial charge in [0.15, 0.2) is 0 Å². The predicted molar refractivity (Wildman–Crippen MR) is 56.0 cm³/mol. The Labute approximate surface area is 100 Å². The smallest absolute Gasteiger partial charge is 0.338 e. The molecule has 0 bridgehead atoms. The SMILES string of the molecule is O=C(O)C(C(=O)O)N1C(=O)c2ccccc2C1=O. The van der Waals surface area contributed by atoms with Crippen molar-refractivity contribution in [2.24, 2.45) is 0 Å². The van der Waals surface area contributed by atoms with Crippen molar-refractivity contribution in [1.29, 1.82) is 0 Å². The number of hydrogen-bond donors (Lipinski definition) is 2. The van der Waals surface area contributed by atoms with E-state index in [1.165, 1.54) is 24.3 Å². The first-order valence-electron chi connectivity index (χ1n) is 4.87. The van der Waals surface area contributed by atoms with Crippen LogP contribution < -0.4 is 0 Å². The van der Waals surface area contributed by atoms with Crippen molar-refractivity contribution in [3.63, 3.8) is 0 Å². The highest BCUT2D eigenvalue weighted by atomic mass is 16.4. The molecule has 0 atom stereocenters. The fourth-order valence-electron chi connectivity index (χ4n) is 1.77. The van der Waals surface area contributed by atoms with Crippen LogP contribution in [0, 0.1) is 0 Å². The summed E-state index contributed by atoms with van der Waals surface area (Å²) in [5.74, 6) is -5.36. The third kappa shape index (κ3) is 1.53. The Bertz CT molecular complexity index is 530. The van der Waals surface area contributed by atoms with Crippen LogP contribution in [0.4, 0.5) is 0 Å². The molecular formula is C11H7NO6. The average Bonchev–Trinajstić information content (AvgIpc) is 2.55. The fraction of sp³-hybridized carbons (Fsp3) is 0.0909. The Morgan fingerprint density at radius 3 is 1.67 bits per heavy atom. The van der Waals surface area contributed by atoms with Crippen molar-refractivity contribution in [2.45, 2.75) is 6.04 Å². The Morgan fingerprint density at radius 1 is 0.944 bits per heavy atom. The van der Waals surface area contributed by atoms with E-state index in [2.05, 4.69) is 0 Å². The van der Waals surface area contributed by atoms with E-state index < -0.39 is 29.8 Å².